The van der Waals surface area contributed by atoms with Gasteiger partial charge in [-0.2, -0.15) is 13.2 Å². The number of halogens is 5. The highest BCUT2D eigenvalue weighted by molar-refractivity contribution is 7.92. The zero-order chi connectivity index (χ0) is 26.2. The highest BCUT2D eigenvalue weighted by Crippen LogP contribution is 2.33. The van der Waals surface area contributed by atoms with E-state index in [2.05, 4.69) is 5.32 Å². The number of rotatable bonds is 11. The summed E-state index contributed by atoms with van der Waals surface area (Å²) < 4.78 is 96.7. The van der Waals surface area contributed by atoms with Crippen molar-refractivity contribution in [2.75, 3.05) is 24.1 Å². The third-order valence-corrected chi connectivity index (χ3v) is 5.19. The smallest absolute Gasteiger partial charge is 0.416 e. The molecule has 12 heteroatoms. The van der Waals surface area contributed by atoms with Crippen molar-refractivity contribution in [2.24, 2.45) is 0 Å². The quantitative estimate of drug-likeness (QED) is 0.251. The number of anilines is 1. The Kier molecular flexibility index (Phi) is 9.64. The number of hydrogen-bond donors (Lipinski definition) is 2. The van der Waals surface area contributed by atoms with Crippen LogP contribution < -0.4 is 14.8 Å². The van der Waals surface area contributed by atoms with Crippen LogP contribution in [0.4, 0.5) is 27.6 Å². The number of nitrogens with one attached hydrogen (secondary N) is 2. The molecule has 2 rings (SSSR count). The molecule has 1 amide bonds. The second-order valence-corrected chi connectivity index (χ2v) is 9.38. The number of ether oxygens (including phenoxy) is 1. The minimum atomic E-state index is -4.54. The third-order valence-electron chi connectivity index (χ3n) is 4.61. The lowest BCUT2D eigenvalue weighted by Gasteiger charge is -2.13. The summed E-state index contributed by atoms with van der Waals surface area (Å²) in [6.45, 7) is 2.12. The molecule has 0 aliphatic rings. The number of carbonyl (C=O) groups is 1. The van der Waals surface area contributed by atoms with Gasteiger partial charge in [0.1, 0.15) is 11.4 Å². The number of unbranched alkanes of at least 4 members (excludes halogenated alkanes) is 1. The first-order valence-corrected chi connectivity index (χ1v) is 12.4. The van der Waals surface area contributed by atoms with Crippen molar-refractivity contribution in [1.82, 2.24) is 5.32 Å². The molecule has 0 bridgehead atoms. The van der Waals surface area contributed by atoms with E-state index in [9.17, 15) is 35.2 Å². The van der Waals surface area contributed by atoms with Crippen LogP contribution in [0, 0.1) is 11.6 Å². The molecule has 0 fully saturated rings. The number of sulfonamides is 1. The highest BCUT2D eigenvalue weighted by atomic mass is 32.2. The molecule has 35 heavy (non-hydrogen) atoms. The van der Waals surface area contributed by atoms with Crippen molar-refractivity contribution >= 4 is 27.7 Å². The molecule has 0 radical (unpaired) electrons. The second-order valence-electron chi connectivity index (χ2n) is 7.64. The average molecular weight is 521 g/mol. The summed E-state index contributed by atoms with van der Waals surface area (Å²) in [5.41, 5.74) is -1.21. The Morgan fingerprint density at radius 1 is 1.11 bits per heavy atom. The van der Waals surface area contributed by atoms with Crippen LogP contribution >= 0.6 is 0 Å². The summed E-state index contributed by atoms with van der Waals surface area (Å²) in [7, 11) is -3.87. The molecule has 2 aromatic rings. The molecule has 0 spiro atoms. The Bertz CT molecular complexity index is 1160. The third kappa shape index (κ3) is 9.19. The van der Waals surface area contributed by atoms with Crippen LogP contribution in [0.2, 0.25) is 0 Å². The molecule has 0 aliphatic heterocycles. The van der Waals surface area contributed by atoms with Crippen LogP contribution in [0.3, 0.4) is 0 Å². The van der Waals surface area contributed by atoms with Gasteiger partial charge in [-0.25, -0.2) is 17.2 Å². The Morgan fingerprint density at radius 3 is 2.34 bits per heavy atom. The fraction of sp³-hybridized carbons (Fsp3) is 0.348. The van der Waals surface area contributed by atoms with Crippen molar-refractivity contribution in [2.45, 2.75) is 32.4 Å². The largest absolute Gasteiger partial charge is 0.493 e. The van der Waals surface area contributed by atoms with E-state index < -0.39 is 45.0 Å². The molecule has 2 N–H and O–H groups in total. The van der Waals surface area contributed by atoms with Crippen LogP contribution in [0.15, 0.2) is 36.4 Å². The zero-order valence-electron chi connectivity index (χ0n) is 19.0. The van der Waals surface area contributed by atoms with Gasteiger partial charge in [0.2, 0.25) is 15.9 Å². The molecule has 2 aromatic carbocycles. The van der Waals surface area contributed by atoms with E-state index >= 15 is 0 Å². The molecule has 0 heterocycles. The van der Waals surface area contributed by atoms with Crippen LogP contribution in [-0.2, 0) is 27.4 Å². The Hall–Kier alpha value is -3.15. The zero-order valence-corrected chi connectivity index (χ0v) is 19.8. The van der Waals surface area contributed by atoms with Crippen molar-refractivity contribution in [3.63, 3.8) is 0 Å². The van der Waals surface area contributed by atoms with E-state index in [1.807, 2.05) is 6.92 Å². The maximum absolute atomic E-state index is 14.0. The molecule has 0 saturated carbocycles. The van der Waals surface area contributed by atoms with E-state index in [0.29, 0.717) is 6.42 Å². The van der Waals surface area contributed by atoms with Gasteiger partial charge in [0.05, 0.1) is 18.4 Å². The summed E-state index contributed by atoms with van der Waals surface area (Å²) in [6.07, 6.45) is 0.105. The molecular weight excluding hydrogens is 495 g/mol. The van der Waals surface area contributed by atoms with Crippen molar-refractivity contribution < 1.29 is 39.9 Å². The minimum absolute atomic E-state index is 0.00618. The molecule has 0 aliphatic carbocycles. The molecule has 0 saturated heterocycles. The molecule has 0 unspecified atom stereocenters. The summed E-state index contributed by atoms with van der Waals surface area (Å²) in [4.78, 5) is 12.1. The normalized spacial score (nSPS) is 12.1. The van der Waals surface area contributed by atoms with Gasteiger partial charge in [-0.05, 0) is 48.7 Å². The highest BCUT2D eigenvalue weighted by Gasteiger charge is 2.31. The van der Waals surface area contributed by atoms with Gasteiger partial charge in [0.15, 0.2) is 11.6 Å². The van der Waals surface area contributed by atoms with E-state index in [4.69, 9.17) is 4.74 Å². The van der Waals surface area contributed by atoms with E-state index in [-0.39, 0.29) is 36.4 Å². The SMILES string of the molecule is CCCCOc1cc(C(F)(F)F)ccc1C=CC(=O)NCCc1cc(F)c(NS(C)(=O)=O)c(F)c1. The van der Waals surface area contributed by atoms with Crippen LogP contribution in [0.25, 0.3) is 6.08 Å². The number of alkyl halides is 3. The molecule has 6 nitrogen and oxygen atoms in total. The average Bonchev–Trinajstić information content (AvgIpc) is 2.74. The molecule has 192 valence electrons. The summed E-state index contributed by atoms with van der Waals surface area (Å²) in [6, 6.07) is 4.85. The Balaban J connectivity index is 2.02. The maximum atomic E-state index is 14.0. The lowest BCUT2D eigenvalue weighted by molar-refractivity contribution is -0.137. The van der Waals surface area contributed by atoms with Gasteiger partial charge in [0.25, 0.3) is 0 Å². The minimum Gasteiger partial charge on any atom is -0.493 e. The molecule has 0 aromatic heterocycles. The van der Waals surface area contributed by atoms with Gasteiger partial charge in [-0.1, -0.05) is 19.4 Å². The maximum Gasteiger partial charge on any atom is 0.416 e. The number of benzene rings is 2. The van der Waals surface area contributed by atoms with Gasteiger partial charge in [-0.3, -0.25) is 9.52 Å². The fourth-order valence-electron chi connectivity index (χ4n) is 2.91. The monoisotopic (exact) mass is 520 g/mol. The van der Waals surface area contributed by atoms with Gasteiger partial charge in [-0.15, -0.1) is 0 Å². The lowest BCUT2D eigenvalue weighted by atomic mass is 10.1. The van der Waals surface area contributed by atoms with Crippen LogP contribution in [-0.4, -0.2) is 33.7 Å². The van der Waals surface area contributed by atoms with E-state index in [1.54, 1.807) is 4.72 Å². The first kappa shape index (κ1) is 28.1. The van der Waals surface area contributed by atoms with Crippen molar-refractivity contribution in [1.29, 1.82) is 0 Å². The Morgan fingerprint density at radius 2 is 1.77 bits per heavy atom. The fourth-order valence-corrected chi connectivity index (χ4v) is 3.47. The topological polar surface area (TPSA) is 84.5 Å². The predicted octanol–water partition coefficient (Wildman–Crippen LogP) is 4.91. The molecular formula is C23H25F5N2O4S. The van der Waals surface area contributed by atoms with E-state index in [1.165, 1.54) is 12.1 Å². The van der Waals surface area contributed by atoms with Crippen molar-refractivity contribution in [3.8, 4) is 5.75 Å². The summed E-state index contributed by atoms with van der Waals surface area (Å²) in [5.74, 6) is -2.80. The standard InChI is InChI=1S/C23H25F5N2O4S/c1-3-4-11-34-20-14-17(23(26,27)28)7-5-16(20)6-8-21(31)29-10-9-15-12-18(24)22(19(25)13-15)30-35(2,32)33/h5-8,12-14,30H,3-4,9-11H2,1-2H3,(H,29,31). The first-order valence-electron chi connectivity index (χ1n) is 10.6. The van der Waals surface area contributed by atoms with E-state index in [0.717, 1.165) is 43.0 Å². The van der Waals surface area contributed by atoms with Gasteiger partial charge in [0, 0.05) is 18.2 Å². The second kappa shape index (κ2) is 12.0. The predicted molar refractivity (Wildman–Crippen MR) is 122 cm³/mol. The van der Waals surface area contributed by atoms with Crippen molar-refractivity contribution in [3.05, 3.63) is 64.7 Å². The summed E-state index contributed by atoms with van der Waals surface area (Å²) >= 11 is 0. The summed E-state index contributed by atoms with van der Waals surface area (Å²) in [5, 5.41) is 2.50. The molecule has 0 atom stereocenters. The number of amides is 1. The van der Waals surface area contributed by atoms with Crippen LogP contribution in [0.5, 0.6) is 5.75 Å². The van der Waals surface area contributed by atoms with Gasteiger partial charge >= 0.3 is 6.18 Å². The lowest BCUT2D eigenvalue weighted by Crippen LogP contribution is -2.23. The number of carbonyl (C=O) groups excluding carboxylic acids is 1. The Labute approximate surface area is 200 Å². The van der Waals surface area contributed by atoms with Gasteiger partial charge < -0.3 is 10.1 Å². The number of hydrogen-bond acceptors (Lipinski definition) is 4. The first-order chi connectivity index (χ1) is 16.3. The van der Waals surface area contributed by atoms with Crippen LogP contribution in [0.1, 0.15) is 36.5 Å².